The Morgan fingerprint density at radius 3 is 2.86 bits per heavy atom. The number of aromatic nitrogens is 1. The van der Waals surface area contributed by atoms with E-state index in [1.165, 1.54) is 5.57 Å². The molecular weight excluding hydrogens is 264 g/mol. The summed E-state index contributed by atoms with van der Waals surface area (Å²) < 4.78 is 5.46. The molecule has 0 saturated heterocycles. The Labute approximate surface area is 122 Å². The quantitative estimate of drug-likeness (QED) is 0.876. The van der Waals surface area contributed by atoms with Gasteiger partial charge in [0.15, 0.2) is 0 Å². The summed E-state index contributed by atoms with van der Waals surface area (Å²) in [6.07, 6.45) is 4.81. The van der Waals surface area contributed by atoms with E-state index in [2.05, 4.69) is 16.4 Å². The summed E-state index contributed by atoms with van der Waals surface area (Å²) in [6, 6.07) is 5.82. The van der Waals surface area contributed by atoms with Crippen molar-refractivity contribution in [1.82, 2.24) is 4.98 Å². The summed E-state index contributed by atoms with van der Waals surface area (Å²) in [6.45, 7) is 3.90. The molecule has 1 aromatic heterocycles. The van der Waals surface area contributed by atoms with Crippen molar-refractivity contribution in [3.05, 3.63) is 47.4 Å². The summed E-state index contributed by atoms with van der Waals surface area (Å²) in [5.74, 6) is 1.26. The van der Waals surface area contributed by atoms with Gasteiger partial charge >= 0.3 is 0 Å². The van der Waals surface area contributed by atoms with Crippen LogP contribution in [0.25, 0.3) is 11.5 Å². The van der Waals surface area contributed by atoms with Crippen LogP contribution >= 0.6 is 0 Å². The Morgan fingerprint density at radius 1 is 1.38 bits per heavy atom. The standard InChI is InChI=1S/C17H16N2O2/c1-9-3-4-12(7-13(9)17-18-10(2)8-21-17)19-16(20)15-6-11-5-14(11)15/h3-4,6-8,14-15H,5H2,1-2H3,(H,19,20). The van der Waals surface area contributed by atoms with Gasteiger partial charge in [0.05, 0.1) is 11.6 Å². The molecule has 2 aliphatic rings. The van der Waals surface area contributed by atoms with E-state index in [4.69, 9.17) is 4.42 Å². The van der Waals surface area contributed by atoms with Crippen molar-refractivity contribution in [3.8, 4) is 11.5 Å². The Morgan fingerprint density at radius 2 is 2.24 bits per heavy atom. The zero-order chi connectivity index (χ0) is 14.6. The molecule has 0 radical (unpaired) electrons. The molecule has 2 unspecified atom stereocenters. The summed E-state index contributed by atoms with van der Waals surface area (Å²) in [7, 11) is 0. The largest absolute Gasteiger partial charge is 0.444 e. The van der Waals surface area contributed by atoms with Crippen molar-refractivity contribution in [1.29, 1.82) is 0 Å². The number of carbonyl (C=O) groups excluding carboxylic acids is 1. The number of benzene rings is 1. The van der Waals surface area contributed by atoms with Crippen molar-refractivity contribution in [2.75, 3.05) is 5.32 Å². The Bertz CT molecular complexity index is 773. The van der Waals surface area contributed by atoms with Crippen molar-refractivity contribution in [3.63, 3.8) is 0 Å². The molecular formula is C17H16N2O2. The molecule has 1 heterocycles. The van der Waals surface area contributed by atoms with Crippen molar-refractivity contribution in [2.45, 2.75) is 20.3 Å². The van der Waals surface area contributed by atoms with Crippen molar-refractivity contribution >= 4 is 11.6 Å². The zero-order valence-electron chi connectivity index (χ0n) is 12.0. The molecule has 0 bridgehead atoms. The first kappa shape index (κ1) is 12.4. The monoisotopic (exact) mass is 280 g/mol. The maximum absolute atomic E-state index is 12.2. The minimum Gasteiger partial charge on any atom is -0.444 e. The topological polar surface area (TPSA) is 55.1 Å². The summed E-state index contributed by atoms with van der Waals surface area (Å²) in [5.41, 5.74) is 5.06. The fourth-order valence-corrected chi connectivity index (χ4v) is 2.86. The number of allylic oxidation sites excluding steroid dienone is 1. The minimum absolute atomic E-state index is 0.0636. The molecule has 4 rings (SSSR count). The van der Waals surface area contributed by atoms with Crippen LogP contribution in [0.4, 0.5) is 5.69 Å². The number of hydrogen-bond donors (Lipinski definition) is 1. The fourth-order valence-electron chi connectivity index (χ4n) is 2.86. The molecule has 0 aliphatic heterocycles. The van der Waals surface area contributed by atoms with Gasteiger partial charge < -0.3 is 9.73 Å². The smallest absolute Gasteiger partial charge is 0.231 e. The van der Waals surface area contributed by atoms with Crippen LogP contribution in [0.3, 0.4) is 0 Å². The molecule has 4 heteroatoms. The third-order valence-corrected chi connectivity index (χ3v) is 4.26. The number of carbonyl (C=O) groups is 1. The van der Waals surface area contributed by atoms with Crippen LogP contribution in [0.2, 0.25) is 0 Å². The van der Waals surface area contributed by atoms with Crippen molar-refractivity contribution in [2.24, 2.45) is 11.8 Å². The molecule has 2 atom stereocenters. The third kappa shape index (κ3) is 2.07. The van der Waals surface area contributed by atoms with Crippen LogP contribution in [0.15, 0.2) is 40.5 Å². The second kappa shape index (κ2) is 4.32. The minimum atomic E-state index is 0.0636. The van der Waals surface area contributed by atoms with Gasteiger partial charge in [-0.1, -0.05) is 17.7 Å². The van der Waals surface area contributed by atoms with E-state index in [1.807, 2.05) is 32.0 Å². The lowest BCUT2D eigenvalue weighted by Gasteiger charge is -2.17. The molecule has 1 amide bonds. The average Bonchev–Trinajstić information content (AvgIpc) is 2.86. The van der Waals surface area contributed by atoms with Gasteiger partial charge in [-0.3, -0.25) is 4.79 Å². The molecule has 21 heavy (non-hydrogen) atoms. The molecule has 106 valence electrons. The molecule has 1 fully saturated rings. The van der Waals surface area contributed by atoms with Crippen molar-refractivity contribution < 1.29 is 9.21 Å². The Kier molecular flexibility index (Phi) is 2.55. The Hall–Kier alpha value is -2.36. The van der Waals surface area contributed by atoms with Crippen LogP contribution in [0, 0.1) is 25.7 Å². The summed E-state index contributed by atoms with van der Waals surface area (Å²) in [4.78, 5) is 16.5. The van der Waals surface area contributed by atoms with E-state index in [0.29, 0.717) is 11.8 Å². The van der Waals surface area contributed by atoms with Crippen LogP contribution < -0.4 is 5.32 Å². The van der Waals surface area contributed by atoms with E-state index >= 15 is 0 Å². The molecule has 2 aromatic rings. The third-order valence-electron chi connectivity index (χ3n) is 4.26. The summed E-state index contributed by atoms with van der Waals surface area (Å²) in [5, 5.41) is 2.99. The van der Waals surface area contributed by atoms with Gasteiger partial charge in [-0.05, 0) is 43.9 Å². The molecule has 0 spiro atoms. The van der Waals surface area contributed by atoms with E-state index in [0.717, 1.165) is 28.9 Å². The first-order chi connectivity index (χ1) is 10.1. The maximum atomic E-state index is 12.2. The van der Waals surface area contributed by atoms with Gasteiger partial charge in [0.25, 0.3) is 0 Å². The molecule has 1 saturated carbocycles. The summed E-state index contributed by atoms with van der Waals surface area (Å²) >= 11 is 0. The van der Waals surface area contributed by atoms with E-state index in [9.17, 15) is 4.79 Å². The predicted molar refractivity (Wildman–Crippen MR) is 79.7 cm³/mol. The maximum Gasteiger partial charge on any atom is 0.231 e. The second-order valence-electron chi connectivity index (χ2n) is 5.89. The highest BCUT2D eigenvalue weighted by molar-refractivity contribution is 5.96. The first-order valence-electron chi connectivity index (χ1n) is 7.16. The van der Waals surface area contributed by atoms with Crippen LogP contribution in [-0.2, 0) is 4.79 Å². The number of amides is 1. The second-order valence-corrected chi connectivity index (χ2v) is 5.89. The van der Waals surface area contributed by atoms with Gasteiger partial charge in [-0.15, -0.1) is 0 Å². The highest BCUT2D eigenvalue weighted by atomic mass is 16.3. The first-order valence-corrected chi connectivity index (χ1v) is 7.16. The molecule has 1 N–H and O–H groups in total. The molecule has 1 aromatic carbocycles. The lowest BCUT2D eigenvalue weighted by atomic mass is 9.93. The van der Waals surface area contributed by atoms with E-state index in [1.54, 1.807) is 6.26 Å². The van der Waals surface area contributed by atoms with E-state index in [-0.39, 0.29) is 11.8 Å². The number of anilines is 1. The number of nitrogens with zero attached hydrogens (tertiary/aromatic N) is 1. The van der Waals surface area contributed by atoms with E-state index < -0.39 is 0 Å². The zero-order valence-corrected chi connectivity index (χ0v) is 12.0. The van der Waals surface area contributed by atoms with Gasteiger partial charge in [-0.2, -0.15) is 0 Å². The molecule has 2 aliphatic carbocycles. The van der Waals surface area contributed by atoms with Gasteiger partial charge in [0.2, 0.25) is 11.8 Å². The highest BCUT2D eigenvalue weighted by Gasteiger charge is 2.48. The number of hydrogen-bond acceptors (Lipinski definition) is 3. The lowest BCUT2D eigenvalue weighted by molar-refractivity contribution is -0.119. The SMILES string of the molecule is Cc1coc(-c2cc(NC(=O)C3C=C4CC43)ccc2C)n1. The molecule has 4 nitrogen and oxygen atoms in total. The van der Waals surface area contributed by atoms with Gasteiger partial charge in [0.1, 0.15) is 6.26 Å². The number of rotatable bonds is 3. The average molecular weight is 280 g/mol. The van der Waals surface area contributed by atoms with Gasteiger partial charge in [0, 0.05) is 11.3 Å². The Balaban J connectivity index is 1.58. The van der Waals surface area contributed by atoms with Gasteiger partial charge in [-0.25, -0.2) is 4.98 Å². The fraction of sp³-hybridized carbons (Fsp3) is 0.294. The highest BCUT2D eigenvalue weighted by Crippen LogP contribution is 2.54. The van der Waals surface area contributed by atoms with Crippen LogP contribution in [0.1, 0.15) is 17.7 Å². The number of aryl methyl sites for hydroxylation is 2. The number of fused-ring (bicyclic) bond motifs is 1. The number of oxazole rings is 1. The normalized spacial score (nSPS) is 22.1. The lowest BCUT2D eigenvalue weighted by Crippen LogP contribution is -2.25. The predicted octanol–water partition coefficient (Wildman–Crippen LogP) is 3.47. The number of nitrogens with one attached hydrogen (secondary N) is 1. The van der Waals surface area contributed by atoms with Crippen LogP contribution in [-0.4, -0.2) is 10.9 Å². The van der Waals surface area contributed by atoms with Crippen LogP contribution in [0.5, 0.6) is 0 Å².